The Morgan fingerprint density at radius 3 is 2.32 bits per heavy atom. The van der Waals surface area contributed by atoms with E-state index in [-0.39, 0.29) is 0 Å². The highest BCUT2D eigenvalue weighted by Crippen LogP contribution is 2.26. The number of fused-ring (bicyclic) bond motifs is 1. The molecule has 0 radical (unpaired) electrons. The molecule has 0 spiro atoms. The molecule has 0 bridgehead atoms. The van der Waals surface area contributed by atoms with Crippen molar-refractivity contribution in [1.82, 2.24) is 0 Å². The largest absolute Gasteiger partial charge is 0.497 e. The molecule has 0 aromatic heterocycles. The number of hydrogen-bond donors (Lipinski definition) is 0. The topological polar surface area (TPSA) is 52.6 Å². The van der Waals surface area contributed by atoms with Crippen molar-refractivity contribution in [2.24, 2.45) is 0 Å². The molecular formula is C14H16O4S. The Kier molecular flexibility index (Phi) is 3.78. The molecule has 0 heterocycles. The molecule has 0 saturated carbocycles. The van der Waals surface area contributed by atoms with Crippen LogP contribution in [0.25, 0.3) is 10.8 Å². The fraction of sp³-hybridized carbons (Fsp3) is 0.286. The molecule has 0 N–H and O–H groups in total. The third-order valence-electron chi connectivity index (χ3n) is 2.86. The van der Waals surface area contributed by atoms with Gasteiger partial charge in [-0.25, -0.2) is 0 Å². The van der Waals surface area contributed by atoms with Crippen LogP contribution in [0.4, 0.5) is 0 Å². The van der Waals surface area contributed by atoms with Gasteiger partial charge in [0.1, 0.15) is 5.75 Å². The first-order chi connectivity index (χ1) is 8.89. The van der Waals surface area contributed by atoms with E-state index in [0.717, 1.165) is 28.3 Å². The van der Waals surface area contributed by atoms with E-state index in [1.807, 2.05) is 36.4 Å². The second kappa shape index (κ2) is 5.19. The lowest BCUT2D eigenvalue weighted by atomic mass is 10.0. The molecule has 0 saturated heterocycles. The highest BCUT2D eigenvalue weighted by atomic mass is 32.2. The second-order valence-electron chi connectivity index (χ2n) is 4.42. The predicted octanol–water partition coefficient (Wildman–Crippen LogP) is 2.89. The van der Waals surface area contributed by atoms with E-state index < -0.39 is 16.2 Å². The zero-order valence-electron chi connectivity index (χ0n) is 11.1. The summed E-state index contributed by atoms with van der Waals surface area (Å²) < 4.78 is 32.4. The van der Waals surface area contributed by atoms with E-state index in [2.05, 4.69) is 0 Å². The van der Waals surface area contributed by atoms with Gasteiger partial charge in [0.2, 0.25) is 0 Å². The van der Waals surface area contributed by atoms with Crippen molar-refractivity contribution >= 4 is 20.9 Å². The maximum atomic E-state index is 11.1. The minimum absolute atomic E-state index is 0.499. The summed E-state index contributed by atoms with van der Waals surface area (Å²) in [6.07, 6.45) is 0.552. The first kappa shape index (κ1) is 13.8. The Bertz CT molecular complexity index is 692. The van der Waals surface area contributed by atoms with Gasteiger partial charge in [-0.2, -0.15) is 8.42 Å². The van der Waals surface area contributed by atoms with Crippen molar-refractivity contribution < 1.29 is 17.3 Å². The molecule has 2 aromatic rings. The van der Waals surface area contributed by atoms with E-state index >= 15 is 0 Å². The first-order valence-corrected chi connectivity index (χ1v) is 7.66. The molecule has 4 nitrogen and oxygen atoms in total. The molecule has 0 unspecified atom stereocenters. The number of rotatable bonds is 4. The normalized spacial score (nSPS) is 13.4. The molecule has 0 amide bonds. The molecule has 0 aliphatic heterocycles. The van der Waals surface area contributed by atoms with Crippen LogP contribution in [0.5, 0.6) is 5.75 Å². The van der Waals surface area contributed by atoms with Gasteiger partial charge < -0.3 is 4.74 Å². The van der Waals surface area contributed by atoms with Crippen molar-refractivity contribution in [3.63, 3.8) is 0 Å². The average Bonchev–Trinajstić information content (AvgIpc) is 2.35. The molecule has 2 aromatic carbocycles. The number of benzene rings is 2. The lowest BCUT2D eigenvalue weighted by Crippen LogP contribution is -2.07. The van der Waals surface area contributed by atoms with Gasteiger partial charge in [-0.05, 0) is 41.5 Å². The number of hydrogen-bond acceptors (Lipinski definition) is 4. The smallest absolute Gasteiger partial charge is 0.264 e. The quantitative estimate of drug-likeness (QED) is 0.808. The molecular weight excluding hydrogens is 264 g/mol. The highest BCUT2D eigenvalue weighted by Gasteiger charge is 2.12. The Hall–Kier alpha value is -1.59. The van der Waals surface area contributed by atoms with Crippen LogP contribution >= 0.6 is 0 Å². The van der Waals surface area contributed by atoms with Gasteiger partial charge >= 0.3 is 0 Å². The van der Waals surface area contributed by atoms with Crippen molar-refractivity contribution in [3.05, 3.63) is 42.0 Å². The molecule has 19 heavy (non-hydrogen) atoms. The van der Waals surface area contributed by atoms with Gasteiger partial charge in [0.25, 0.3) is 10.1 Å². The van der Waals surface area contributed by atoms with E-state index in [1.54, 1.807) is 14.0 Å². The minimum atomic E-state index is -3.46. The van der Waals surface area contributed by atoms with E-state index in [1.165, 1.54) is 0 Å². The molecule has 1 atom stereocenters. The summed E-state index contributed by atoms with van der Waals surface area (Å²) >= 11 is 0. The fourth-order valence-corrected chi connectivity index (χ4v) is 2.58. The van der Waals surface area contributed by atoms with Crippen molar-refractivity contribution in [2.75, 3.05) is 13.4 Å². The Morgan fingerprint density at radius 2 is 1.68 bits per heavy atom. The lowest BCUT2D eigenvalue weighted by molar-refractivity contribution is 0.237. The van der Waals surface area contributed by atoms with Gasteiger partial charge in [-0.15, -0.1) is 0 Å². The summed E-state index contributed by atoms with van der Waals surface area (Å²) in [5, 5.41) is 2.05. The summed E-state index contributed by atoms with van der Waals surface area (Å²) in [5.74, 6) is 0.792. The van der Waals surface area contributed by atoms with Crippen LogP contribution < -0.4 is 4.74 Å². The van der Waals surface area contributed by atoms with Crippen molar-refractivity contribution in [3.8, 4) is 5.75 Å². The predicted molar refractivity (Wildman–Crippen MR) is 74.8 cm³/mol. The molecule has 5 heteroatoms. The summed E-state index contributed by atoms with van der Waals surface area (Å²) in [5.41, 5.74) is 0.822. The van der Waals surface area contributed by atoms with Crippen LogP contribution in [0.2, 0.25) is 0 Å². The maximum Gasteiger partial charge on any atom is 0.264 e. The second-order valence-corrected chi connectivity index (χ2v) is 6.02. The summed E-state index contributed by atoms with van der Waals surface area (Å²) in [6.45, 7) is 1.71. The van der Waals surface area contributed by atoms with Crippen molar-refractivity contribution in [2.45, 2.75) is 13.0 Å². The Balaban J connectivity index is 2.36. The molecule has 2 rings (SSSR count). The summed E-state index contributed by atoms with van der Waals surface area (Å²) in [7, 11) is -1.83. The zero-order valence-corrected chi connectivity index (χ0v) is 11.9. The van der Waals surface area contributed by atoms with Crippen LogP contribution in [-0.2, 0) is 14.3 Å². The van der Waals surface area contributed by atoms with Gasteiger partial charge in [-0.1, -0.05) is 18.2 Å². The molecule has 102 valence electrons. The lowest BCUT2D eigenvalue weighted by Gasteiger charge is -2.12. The van der Waals surface area contributed by atoms with Crippen LogP contribution in [0.3, 0.4) is 0 Å². The van der Waals surface area contributed by atoms with Gasteiger partial charge in [0, 0.05) is 0 Å². The van der Waals surface area contributed by atoms with E-state index in [0.29, 0.717) is 0 Å². The SMILES string of the molecule is COc1ccc2cc([C@H](C)OS(C)(=O)=O)ccc2c1. The highest BCUT2D eigenvalue weighted by molar-refractivity contribution is 7.86. The Labute approximate surface area is 113 Å². The number of ether oxygens (including phenoxy) is 1. The molecule has 0 aliphatic rings. The molecule has 0 fully saturated rings. The van der Waals surface area contributed by atoms with Gasteiger partial charge in [0.15, 0.2) is 0 Å². The Morgan fingerprint density at radius 1 is 1.05 bits per heavy atom. The fourth-order valence-electron chi connectivity index (χ4n) is 1.94. The zero-order chi connectivity index (χ0) is 14.0. The summed E-state index contributed by atoms with van der Waals surface area (Å²) in [6, 6.07) is 11.4. The summed E-state index contributed by atoms with van der Waals surface area (Å²) in [4.78, 5) is 0. The van der Waals surface area contributed by atoms with Crippen LogP contribution in [-0.4, -0.2) is 21.8 Å². The third kappa shape index (κ3) is 3.45. The van der Waals surface area contributed by atoms with E-state index in [9.17, 15) is 8.42 Å². The van der Waals surface area contributed by atoms with Gasteiger partial charge in [0.05, 0.1) is 19.5 Å². The standard InChI is InChI=1S/C14H16O4S/c1-10(18-19(3,15)16)11-4-5-13-9-14(17-2)7-6-12(13)8-11/h4-10H,1-3H3/t10-/m0/s1. The first-order valence-electron chi connectivity index (χ1n) is 5.85. The van der Waals surface area contributed by atoms with Gasteiger partial charge in [-0.3, -0.25) is 4.18 Å². The van der Waals surface area contributed by atoms with E-state index in [4.69, 9.17) is 8.92 Å². The van der Waals surface area contributed by atoms with Crippen LogP contribution in [0, 0.1) is 0 Å². The number of methoxy groups -OCH3 is 1. The average molecular weight is 280 g/mol. The molecule has 0 aliphatic carbocycles. The van der Waals surface area contributed by atoms with Crippen molar-refractivity contribution in [1.29, 1.82) is 0 Å². The van der Waals surface area contributed by atoms with Crippen LogP contribution in [0.15, 0.2) is 36.4 Å². The monoisotopic (exact) mass is 280 g/mol. The third-order valence-corrected chi connectivity index (χ3v) is 3.50. The minimum Gasteiger partial charge on any atom is -0.497 e. The maximum absolute atomic E-state index is 11.1. The van der Waals surface area contributed by atoms with Crippen LogP contribution in [0.1, 0.15) is 18.6 Å².